The predicted octanol–water partition coefficient (Wildman–Crippen LogP) is 1.68. The first-order valence-electron chi connectivity index (χ1n) is 9.80. The fourth-order valence-corrected chi connectivity index (χ4v) is 5.13. The third-order valence-corrected chi connectivity index (χ3v) is 7.18. The molecule has 150 valence electrons. The van der Waals surface area contributed by atoms with Gasteiger partial charge in [0.1, 0.15) is 10.7 Å². The third-order valence-electron chi connectivity index (χ3n) is 5.30. The number of piperidine rings is 1. The van der Waals surface area contributed by atoms with Crippen LogP contribution in [0, 0.1) is 6.92 Å². The van der Waals surface area contributed by atoms with Gasteiger partial charge in [-0.25, -0.2) is 13.4 Å². The van der Waals surface area contributed by atoms with Gasteiger partial charge in [0.2, 0.25) is 16.0 Å². The van der Waals surface area contributed by atoms with E-state index in [0.29, 0.717) is 26.2 Å². The molecule has 4 heterocycles. The van der Waals surface area contributed by atoms with Crippen molar-refractivity contribution in [1.29, 1.82) is 0 Å². The van der Waals surface area contributed by atoms with E-state index in [0.717, 1.165) is 30.5 Å². The van der Waals surface area contributed by atoms with Gasteiger partial charge in [-0.2, -0.15) is 9.29 Å². The maximum Gasteiger partial charge on any atom is 0.244 e. The molecule has 2 fully saturated rings. The summed E-state index contributed by atoms with van der Waals surface area (Å²) >= 11 is 0. The van der Waals surface area contributed by atoms with E-state index in [4.69, 9.17) is 4.98 Å². The number of sulfonamides is 1. The van der Waals surface area contributed by atoms with Crippen LogP contribution in [0.4, 0.5) is 11.8 Å². The zero-order valence-electron chi connectivity index (χ0n) is 16.2. The number of hydrogen-bond acceptors (Lipinski definition) is 7. The molecule has 0 amide bonds. The van der Waals surface area contributed by atoms with Gasteiger partial charge in [0, 0.05) is 63.4 Å². The Balaban J connectivity index is 1.47. The number of aromatic nitrogens is 3. The minimum absolute atomic E-state index is 0.244. The Morgan fingerprint density at radius 3 is 2.36 bits per heavy atom. The van der Waals surface area contributed by atoms with Crippen molar-refractivity contribution in [3.8, 4) is 0 Å². The molecule has 0 saturated carbocycles. The smallest absolute Gasteiger partial charge is 0.244 e. The summed E-state index contributed by atoms with van der Waals surface area (Å²) in [6.45, 7) is 6.06. The van der Waals surface area contributed by atoms with E-state index in [1.807, 2.05) is 13.0 Å². The van der Waals surface area contributed by atoms with Gasteiger partial charge >= 0.3 is 0 Å². The van der Waals surface area contributed by atoms with Crippen LogP contribution in [-0.2, 0) is 10.0 Å². The highest BCUT2D eigenvalue weighted by Crippen LogP contribution is 2.23. The summed E-state index contributed by atoms with van der Waals surface area (Å²) in [4.78, 5) is 18.0. The first-order chi connectivity index (χ1) is 13.5. The lowest BCUT2D eigenvalue weighted by Gasteiger charge is -2.35. The lowest BCUT2D eigenvalue weighted by molar-refractivity contribution is 0.383. The second kappa shape index (κ2) is 8.00. The van der Waals surface area contributed by atoms with Gasteiger partial charge in [0.25, 0.3) is 0 Å². The Hall–Kier alpha value is -2.26. The first-order valence-corrected chi connectivity index (χ1v) is 11.2. The fourth-order valence-electron chi connectivity index (χ4n) is 3.74. The number of nitrogens with zero attached hydrogens (tertiary/aromatic N) is 6. The molecule has 0 aliphatic carbocycles. The molecular formula is C19H26N6O2S. The molecule has 9 heteroatoms. The van der Waals surface area contributed by atoms with Crippen molar-refractivity contribution in [3.63, 3.8) is 0 Å². The monoisotopic (exact) mass is 402 g/mol. The van der Waals surface area contributed by atoms with Crippen LogP contribution in [-0.4, -0.2) is 66.9 Å². The molecule has 2 saturated heterocycles. The highest BCUT2D eigenvalue weighted by Gasteiger charge is 2.29. The fraction of sp³-hybridized carbons (Fsp3) is 0.526. The van der Waals surface area contributed by atoms with Crippen molar-refractivity contribution in [2.45, 2.75) is 31.1 Å². The van der Waals surface area contributed by atoms with E-state index in [9.17, 15) is 8.42 Å². The topological polar surface area (TPSA) is 82.5 Å². The van der Waals surface area contributed by atoms with Crippen molar-refractivity contribution in [2.75, 3.05) is 49.1 Å². The molecule has 2 aliphatic heterocycles. The molecule has 0 unspecified atom stereocenters. The number of rotatable bonds is 4. The molecule has 28 heavy (non-hydrogen) atoms. The van der Waals surface area contributed by atoms with Crippen LogP contribution in [0.25, 0.3) is 0 Å². The van der Waals surface area contributed by atoms with E-state index < -0.39 is 10.0 Å². The van der Waals surface area contributed by atoms with E-state index >= 15 is 0 Å². The molecule has 2 aromatic rings. The van der Waals surface area contributed by atoms with Crippen molar-refractivity contribution in [1.82, 2.24) is 19.3 Å². The summed E-state index contributed by atoms with van der Waals surface area (Å²) in [6.07, 6.45) is 6.60. The molecule has 0 aromatic carbocycles. The van der Waals surface area contributed by atoms with Crippen LogP contribution in [0.5, 0.6) is 0 Å². The normalized spacial score (nSPS) is 19.0. The highest BCUT2D eigenvalue weighted by atomic mass is 32.2. The molecular weight excluding hydrogens is 376 g/mol. The second-order valence-electron chi connectivity index (χ2n) is 7.30. The summed E-state index contributed by atoms with van der Waals surface area (Å²) < 4.78 is 27.1. The van der Waals surface area contributed by atoms with Gasteiger partial charge in [-0.3, -0.25) is 4.98 Å². The van der Waals surface area contributed by atoms with Gasteiger partial charge in [-0.15, -0.1) is 0 Å². The van der Waals surface area contributed by atoms with Crippen LogP contribution in [0.2, 0.25) is 0 Å². The van der Waals surface area contributed by atoms with Gasteiger partial charge < -0.3 is 9.80 Å². The van der Waals surface area contributed by atoms with Crippen LogP contribution in [0.15, 0.2) is 35.5 Å². The Morgan fingerprint density at radius 1 is 0.929 bits per heavy atom. The summed E-state index contributed by atoms with van der Waals surface area (Å²) in [5.74, 6) is 1.67. The van der Waals surface area contributed by atoms with Gasteiger partial charge in [-0.05, 0) is 38.3 Å². The summed E-state index contributed by atoms with van der Waals surface area (Å²) in [6, 6.07) is 5.22. The zero-order valence-corrected chi connectivity index (χ0v) is 17.0. The molecule has 0 bridgehead atoms. The van der Waals surface area contributed by atoms with Gasteiger partial charge in [0.05, 0.1) is 0 Å². The Kier molecular flexibility index (Phi) is 5.45. The molecule has 8 nitrogen and oxygen atoms in total. The molecule has 2 aromatic heterocycles. The van der Waals surface area contributed by atoms with Gasteiger partial charge in [0.15, 0.2) is 0 Å². The number of pyridine rings is 1. The van der Waals surface area contributed by atoms with Crippen LogP contribution >= 0.6 is 0 Å². The van der Waals surface area contributed by atoms with Crippen LogP contribution < -0.4 is 9.80 Å². The molecule has 4 rings (SSSR count). The largest absolute Gasteiger partial charge is 0.354 e. The number of piperazine rings is 1. The maximum absolute atomic E-state index is 12.8. The Bertz CT molecular complexity index is 907. The molecule has 0 atom stereocenters. The zero-order chi connectivity index (χ0) is 19.6. The minimum Gasteiger partial charge on any atom is -0.354 e. The minimum atomic E-state index is -3.50. The van der Waals surface area contributed by atoms with Crippen molar-refractivity contribution in [3.05, 3.63) is 36.3 Å². The average molecular weight is 403 g/mol. The molecule has 0 spiro atoms. The SMILES string of the molecule is Cc1cc(N2CCN(S(=O)(=O)c3cccnc3)CC2)nc(N2CCCCC2)n1. The van der Waals surface area contributed by atoms with Crippen molar-refractivity contribution < 1.29 is 8.42 Å². The number of hydrogen-bond donors (Lipinski definition) is 0. The van der Waals surface area contributed by atoms with E-state index in [1.165, 1.54) is 29.8 Å². The van der Waals surface area contributed by atoms with Crippen molar-refractivity contribution in [2.24, 2.45) is 0 Å². The third kappa shape index (κ3) is 3.95. The lowest BCUT2D eigenvalue weighted by Crippen LogP contribution is -2.49. The number of anilines is 2. The summed E-state index contributed by atoms with van der Waals surface area (Å²) in [5.41, 5.74) is 0.941. The quantitative estimate of drug-likeness (QED) is 0.769. The maximum atomic E-state index is 12.8. The average Bonchev–Trinajstić information content (AvgIpc) is 2.75. The van der Waals surface area contributed by atoms with E-state index in [1.54, 1.807) is 18.3 Å². The molecule has 0 N–H and O–H groups in total. The molecule has 2 aliphatic rings. The van der Waals surface area contributed by atoms with E-state index in [2.05, 4.69) is 19.8 Å². The van der Waals surface area contributed by atoms with Crippen LogP contribution in [0.3, 0.4) is 0 Å². The van der Waals surface area contributed by atoms with Crippen LogP contribution in [0.1, 0.15) is 25.0 Å². The predicted molar refractivity (Wildman–Crippen MR) is 108 cm³/mol. The number of aryl methyl sites for hydroxylation is 1. The first kappa shape index (κ1) is 19.1. The van der Waals surface area contributed by atoms with Gasteiger partial charge in [-0.1, -0.05) is 0 Å². The Morgan fingerprint density at radius 2 is 1.68 bits per heavy atom. The highest BCUT2D eigenvalue weighted by molar-refractivity contribution is 7.89. The molecule has 0 radical (unpaired) electrons. The lowest BCUT2D eigenvalue weighted by atomic mass is 10.1. The summed E-state index contributed by atoms with van der Waals surface area (Å²) in [5, 5.41) is 0. The Labute approximate surface area is 166 Å². The van der Waals surface area contributed by atoms with E-state index in [-0.39, 0.29) is 4.90 Å². The second-order valence-corrected chi connectivity index (χ2v) is 9.23. The summed E-state index contributed by atoms with van der Waals surface area (Å²) in [7, 11) is -3.50. The van der Waals surface area contributed by atoms with Crippen molar-refractivity contribution >= 4 is 21.8 Å². The standard InChI is InChI=1S/C19H26N6O2S/c1-16-14-18(22-19(21-16)24-8-3-2-4-9-24)23-10-12-25(13-11-23)28(26,27)17-6-5-7-20-15-17/h5-7,14-15H,2-4,8-13H2,1H3.